The molecule has 0 N–H and O–H groups in total. The molecular formula is C24H40O9. The van der Waals surface area contributed by atoms with Gasteiger partial charge in [0.15, 0.2) is 0 Å². The Bertz CT molecular complexity index is 648. The lowest BCUT2D eigenvalue weighted by Gasteiger charge is -2.29. The van der Waals surface area contributed by atoms with Crippen LogP contribution in [0.5, 0.6) is 0 Å². The van der Waals surface area contributed by atoms with Crippen molar-refractivity contribution >= 4 is 23.9 Å². The van der Waals surface area contributed by atoms with Gasteiger partial charge in [0.2, 0.25) is 18.5 Å². The Kier molecular flexibility index (Phi) is 13.0. The van der Waals surface area contributed by atoms with Crippen LogP contribution < -0.4 is 0 Å². The van der Waals surface area contributed by atoms with Gasteiger partial charge in [-0.15, -0.1) is 0 Å². The van der Waals surface area contributed by atoms with E-state index < -0.39 is 48.2 Å². The molecule has 0 aromatic rings. The fourth-order valence-corrected chi connectivity index (χ4v) is 3.84. The molecule has 4 atom stereocenters. The van der Waals surface area contributed by atoms with Crippen molar-refractivity contribution in [2.75, 3.05) is 0 Å². The number of rotatable bonds is 15. The van der Waals surface area contributed by atoms with Gasteiger partial charge in [0.25, 0.3) is 5.79 Å². The highest BCUT2D eigenvalue weighted by atomic mass is 16.8. The molecule has 1 rings (SSSR count). The zero-order chi connectivity index (χ0) is 24.9. The van der Waals surface area contributed by atoms with Crippen molar-refractivity contribution in [1.29, 1.82) is 0 Å². The fraction of sp³-hybridized carbons (Fsp3) is 0.833. The summed E-state index contributed by atoms with van der Waals surface area (Å²) in [4.78, 5) is 47.1. The van der Waals surface area contributed by atoms with Crippen molar-refractivity contribution in [3.63, 3.8) is 0 Å². The number of hydrogen-bond donors (Lipinski definition) is 0. The maximum Gasteiger partial charge on any atom is 0.308 e. The Balaban J connectivity index is 2.57. The molecule has 1 saturated heterocycles. The molecule has 1 aliphatic rings. The number of carbonyl (C=O) groups is 4. The Labute approximate surface area is 196 Å². The molecular weight excluding hydrogens is 432 g/mol. The summed E-state index contributed by atoms with van der Waals surface area (Å²) in [5.74, 6) is -4.40. The first-order valence-electron chi connectivity index (χ1n) is 12.0. The lowest BCUT2D eigenvalue weighted by Crippen LogP contribution is -2.48. The molecule has 0 aliphatic carbocycles. The van der Waals surface area contributed by atoms with E-state index in [1.54, 1.807) is 0 Å². The second kappa shape index (κ2) is 14.9. The SMILES string of the molecule is CCCCCCCCCCCCC(=O)O[C@@]1(C)O[C@@H](OC(C)=O)[C@H](OC(C)=O)[C@H]1OC(C)=O. The molecule has 1 heterocycles. The highest BCUT2D eigenvalue weighted by molar-refractivity contribution is 5.71. The van der Waals surface area contributed by atoms with Gasteiger partial charge in [-0.1, -0.05) is 64.7 Å². The zero-order valence-corrected chi connectivity index (χ0v) is 20.7. The highest BCUT2D eigenvalue weighted by Gasteiger charge is 2.60. The van der Waals surface area contributed by atoms with Crippen molar-refractivity contribution < 1.29 is 42.9 Å². The summed E-state index contributed by atoms with van der Waals surface area (Å²) in [7, 11) is 0. The summed E-state index contributed by atoms with van der Waals surface area (Å²) in [6.07, 6.45) is 7.56. The third-order valence-electron chi connectivity index (χ3n) is 5.36. The minimum atomic E-state index is -1.78. The standard InChI is InChI=1S/C24H40O9/c1-6-7-8-9-10-11-12-13-14-15-16-20(28)32-24(5)22(30-18(3)26)21(29-17(2)25)23(33-24)31-19(4)27/h21-23H,6-16H2,1-5H3/t21-,22-,23-,24+/m1/s1. The van der Waals surface area contributed by atoms with Crippen LogP contribution in [0.2, 0.25) is 0 Å². The van der Waals surface area contributed by atoms with E-state index in [0.29, 0.717) is 6.42 Å². The van der Waals surface area contributed by atoms with E-state index in [9.17, 15) is 19.2 Å². The monoisotopic (exact) mass is 472 g/mol. The van der Waals surface area contributed by atoms with Gasteiger partial charge < -0.3 is 18.9 Å². The van der Waals surface area contributed by atoms with Gasteiger partial charge in [0, 0.05) is 34.1 Å². The number of esters is 4. The maximum absolute atomic E-state index is 12.5. The fourth-order valence-electron chi connectivity index (χ4n) is 3.84. The van der Waals surface area contributed by atoms with Crippen LogP contribution >= 0.6 is 0 Å². The molecule has 9 nitrogen and oxygen atoms in total. The van der Waals surface area contributed by atoms with Crippen molar-refractivity contribution in [3.8, 4) is 0 Å². The highest BCUT2D eigenvalue weighted by Crippen LogP contribution is 2.37. The molecule has 33 heavy (non-hydrogen) atoms. The molecule has 1 aliphatic heterocycles. The smallest absolute Gasteiger partial charge is 0.308 e. The molecule has 1 fully saturated rings. The van der Waals surface area contributed by atoms with Crippen LogP contribution in [0.25, 0.3) is 0 Å². The van der Waals surface area contributed by atoms with Crippen molar-refractivity contribution in [3.05, 3.63) is 0 Å². The Morgan fingerprint density at radius 2 is 1.21 bits per heavy atom. The van der Waals surface area contributed by atoms with E-state index in [0.717, 1.165) is 40.0 Å². The van der Waals surface area contributed by atoms with Gasteiger partial charge >= 0.3 is 23.9 Å². The van der Waals surface area contributed by atoms with Crippen LogP contribution in [-0.4, -0.2) is 48.2 Å². The number of unbranched alkanes of at least 4 members (excludes halogenated alkanes) is 9. The van der Waals surface area contributed by atoms with Crippen LogP contribution in [0.4, 0.5) is 0 Å². The molecule has 0 aromatic carbocycles. The van der Waals surface area contributed by atoms with E-state index >= 15 is 0 Å². The molecule has 0 unspecified atom stereocenters. The molecule has 0 aromatic heterocycles. The minimum Gasteiger partial charge on any atom is -0.452 e. The summed E-state index contributed by atoms with van der Waals surface area (Å²) in [6.45, 7) is 7.06. The van der Waals surface area contributed by atoms with E-state index in [1.165, 1.54) is 45.4 Å². The van der Waals surface area contributed by atoms with Gasteiger partial charge in [-0.3, -0.25) is 23.9 Å². The summed E-state index contributed by atoms with van der Waals surface area (Å²) >= 11 is 0. The topological polar surface area (TPSA) is 114 Å². The van der Waals surface area contributed by atoms with E-state index in [4.69, 9.17) is 23.7 Å². The molecule has 190 valence electrons. The molecule has 0 radical (unpaired) electrons. The van der Waals surface area contributed by atoms with Crippen LogP contribution in [-0.2, 0) is 42.9 Å². The number of hydrogen-bond acceptors (Lipinski definition) is 9. The average molecular weight is 473 g/mol. The maximum atomic E-state index is 12.5. The van der Waals surface area contributed by atoms with Crippen LogP contribution in [0.1, 0.15) is 105 Å². The Morgan fingerprint density at radius 3 is 1.70 bits per heavy atom. The number of carbonyl (C=O) groups excluding carboxylic acids is 4. The molecule has 0 bridgehead atoms. The molecule has 0 spiro atoms. The largest absolute Gasteiger partial charge is 0.452 e. The molecule has 0 amide bonds. The Hall–Kier alpha value is -2.16. The quantitative estimate of drug-likeness (QED) is 0.195. The summed E-state index contributed by atoms with van der Waals surface area (Å²) in [5, 5.41) is 0. The first kappa shape index (κ1) is 28.9. The summed E-state index contributed by atoms with van der Waals surface area (Å²) in [6, 6.07) is 0. The normalized spacial score (nSPS) is 24.2. The van der Waals surface area contributed by atoms with E-state index in [1.807, 2.05) is 0 Å². The average Bonchev–Trinajstić information content (AvgIpc) is 2.92. The van der Waals surface area contributed by atoms with Crippen LogP contribution in [0.15, 0.2) is 0 Å². The van der Waals surface area contributed by atoms with Crippen molar-refractivity contribution in [2.24, 2.45) is 0 Å². The summed E-state index contributed by atoms with van der Waals surface area (Å²) in [5.41, 5.74) is 0. The van der Waals surface area contributed by atoms with E-state index in [-0.39, 0.29) is 6.42 Å². The Morgan fingerprint density at radius 1 is 0.727 bits per heavy atom. The van der Waals surface area contributed by atoms with Gasteiger partial charge in [0.1, 0.15) is 0 Å². The number of ether oxygens (including phenoxy) is 5. The second-order valence-electron chi connectivity index (χ2n) is 8.62. The second-order valence-corrected chi connectivity index (χ2v) is 8.62. The lowest BCUT2D eigenvalue weighted by atomic mass is 10.1. The molecule has 0 saturated carbocycles. The van der Waals surface area contributed by atoms with Gasteiger partial charge in [0.05, 0.1) is 0 Å². The summed E-state index contributed by atoms with van der Waals surface area (Å²) < 4.78 is 26.6. The predicted octanol–water partition coefficient (Wildman–Crippen LogP) is 4.34. The van der Waals surface area contributed by atoms with Gasteiger partial charge in [-0.05, 0) is 6.42 Å². The van der Waals surface area contributed by atoms with Crippen molar-refractivity contribution in [2.45, 2.75) is 130 Å². The van der Waals surface area contributed by atoms with Crippen molar-refractivity contribution in [1.82, 2.24) is 0 Å². The third-order valence-corrected chi connectivity index (χ3v) is 5.36. The lowest BCUT2D eigenvalue weighted by molar-refractivity contribution is -0.268. The minimum absolute atomic E-state index is 0.165. The van der Waals surface area contributed by atoms with Gasteiger partial charge in [-0.2, -0.15) is 0 Å². The van der Waals surface area contributed by atoms with E-state index in [2.05, 4.69) is 6.92 Å². The van der Waals surface area contributed by atoms with Crippen LogP contribution in [0, 0.1) is 0 Å². The third kappa shape index (κ3) is 11.0. The first-order valence-corrected chi connectivity index (χ1v) is 12.0. The van der Waals surface area contributed by atoms with Gasteiger partial charge in [-0.25, -0.2) is 0 Å². The predicted molar refractivity (Wildman–Crippen MR) is 119 cm³/mol. The molecule has 9 heteroatoms. The zero-order valence-electron chi connectivity index (χ0n) is 20.7. The first-order chi connectivity index (χ1) is 15.6. The van der Waals surface area contributed by atoms with Crippen LogP contribution in [0.3, 0.4) is 0 Å².